The molecule has 3 rings (SSSR count). The van der Waals surface area contributed by atoms with Crippen LogP contribution in [0.3, 0.4) is 0 Å². The Morgan fingerprint density at radius 2 is 2.08 bits per heavy atom. The number of carbonyl (C=O) groups is 1. The first kappa shape index (κ1) is 16.4. The predicted octanol–water partition coefficient (Wildman–Crippen LogP) is 3.34. The van der Waals surface area contributed by atoms with Crippen LogP contribution in [0.4, 0.5) is 14.9 Å². The number of carbonyl (C=O) groups excluding carboxylic acids is 1. The summed E-state index contributed by atoms with van der Waals surface area (Å²) < 4.78 is 18.4. The van der Waals surface area contributed by atoms with Crippen molar-refractivity contribution in [1.82, 2.24) is 14.9 Å². The van der Waals surface area contributed by atoms with Crippen molar-refractivity contribution in [2.45, 2.75) is 18.9 Å². The zero-order valence-corrected chi connectivity index (χ0v) is 13.5. The number of nitrogens with zero attached hydrogens (tertiary/aromatic N) is 3. The van der Waals surface area contributed by atoms with Gasteiger partial charge in [-0.05, 0) is 25.0 Å². The normalized spacial score (nSPS) is 17.4. The standard InChI is InChI=1S/C16H16ClFN4O2/c17-13-5-1-2-6-14(13)21-16(23)22-7-3-4-12(10-22)24-15-19-8-11(18)9-20-15/h1-2,5-6,8-9,12H,3-4,7,10H2,(H,21,23). The van der Waals surface area contributed by atoms with E-state index in [9.17, 15) is 9.18 Å². The molecule has 2 heterocycles. The fraction of sp³-hybridized carbons (Fsp3) is 0.312. The Morgan fingerprint density at radius 1 is 1.33 bits per heavy atom. The van der Waals surface area contributed by atoms with Crippen molar-refractivity contribution in [3.05, 3.63) is 47.5 Å². The number of rotatable bonds is 3. The minimum atomic E-state index is -0.522. The first-order valence-corrected chi connectivity index (χ1v) is 7.94. The number of ether oxygens (including phenoxy) is 1. The number of amides is 2. The molecule has 1 atom stereocenters. The summed E-state index contributed by atoms with van der Waals surface area (Å²) in [7, 11) is 0. The molecule has 0 saturated carbocycles. The molecule has 126 valence electrons. The van der Waals surface area contributed by atoms with Crippen LogP contribution in [0.2, 0.25) is 5.02 Å². The highest BCUT2D eigenvalue weighted by molar-refractivity contribution is 6.33. The molecule has 1 fully saturated rings. The van der Waals surface area contributed by atoms with Crippen molar-refractivity contribution in [2.75, 3.05) is 18.4 Å². The van der Waals surface area contributed by atoms with Crippen molar-refractivity contribution < 1.29 is 13.9 Å². The van der Waals surface area contributed by atoms with E-state index in [4.69, 9.17) is 16.3 Å². The molecule has 1 aliphatic heterocycles. The average Bonchev–Trinajstić information content (AvgIpc) is 2.59. The maximum Gasteiger partial charge on any atom is 0.322 e. The number of likely N-dealkylation sites (tertiary alicyclic amines) is 1. The number of piperidine rings is 1. The van der Waals surface area contributed by atoms with Crippen LogP contribution in [0, 0.1) is 5.82 Å². The minimum absolute atomic E-state index is 0.106. The van der Waals surface area contributed by atoms with Gasteiger partial charge >= 0.3 is 12.0 Å². The smallest absolute Gasteiger partial charge is 0.322 e. The number of halogens is 2. The van der Waals surface area contributed by atoms with E-state index in [2.05, 4.69) is 15.3 Å². The van der Waals surface area contributed by atoms with Gasteiger partial charge in [0.1, 0.15) is 6.10 Å². The molecule has 1 aromatic heterocycles. The monoisotopic (exact) mass is 350 g/mol. The molecule has 24 heavy (non-hydrogen) atoms. The lowest BCUT2D eigenvalue weighted by atomic mass is 10.1. The number of urea groups is 1. The molecule has 1 aromatic carbocycles. The second-order valence-corrected chi connectivity index (χ2v) is 5.83. The summed E-state index contributed by atoms with van der Waals surface area (Å²) in [6.45, 7) is 1.03. The van der Waals surface area contributed by atoms with Crippen molar-refractivity contribution >= 4 is 23.3 Å². The molecule has 0 radical (unpaired) electrons. The average molecular weight is 351 g/mol. The molecule has 0 aliphatic carbocycles. The second-order valence-electron chi connectivity index (χ2n) is 5.42. The van der Waals surface area contributed by atoms with Gasteiger partial charge in [0.2, 0.25) is 0 Å². The Hall–Kier alpha value is -2.41. The van der Waals surface area contributed by atoms with Gasteiger partial charge in [0.05, 0.1) is 29.6 Å². The van der Waals surface area contributed by atoms with Gasteiger partial charge in [0, 0.05) is 6.54 Å². The molecule has 2 amide bonds. The van der Waals surface area contributed by atoms with E-state index >= 15 is 0 Å². The molecular formula is C16H16ClFN4O2. The number of nitrogens with one attached hydrogen (secondary N) is 1. The second kappa shape index (κ2) is 7.44. The SMILES string of the molecule is O=C(Nc1ccccc1Cl)N1CCCC(Oc2ncc(F)cn2)C1. The largest absolute Gasteiger partial charge is 0.458 e. The molecule has 0 bridgehead atoms. The van der Waals surface area contributed by atoms with Crippen LogP contribution in [0.15, 0.2) is 36.7 Å². The number of benzene rings is 1. The zero-order chi connectivity index (χ0) is 16.9. The highest BCUT2D eigenvalue weighted by Gasteiger charge is 2.25. The highest BCUT2D eigenvalue weighted by Crippen LogP contribution is 2.22. The summed E-state index contributed by atoms with van der Waals surface area (Å²) in [6, 6.07) is 6.92. The third-order valence-corrected chi connectivity index (χ3v) is 3.98. The zero-order valence-electron chi connectivity index (χ0n) is 12.8. The molecule has 1 saturated heterocycles. The van der Waals surface area contributed by atoms with Crippen molar-refractivity contribution in [3.63, 3.8) is 0 Å². The van der Waals surface area contributed by atoms with Crippen molar-refractivity contribution in [3.8, 4) is 6.01 Å². The number of hydrogen-bond donors (Lipinski definition) is 1. The van der Waals surface area contributed by atoms with Gasteiger partial charge in [-0.1, -0.05) is 23.7 Å². The number of aromatic nitrogens is 2. The van der Waals surface area contributed by atoms with Gasteiger partial charge in [-0.15, -0.1) is 0 Å². The van der Waals surface area contributed by atoms with E-state index in [1.54, 1.807) is 29.2 Å². The Labute approximate surface area is 143 Å². The quantitative estimate of drug-likeness (QED) is 0.921. The van der Waals surface area contributed by atoms with E-state index in [0.29, 0.717) is 23.8 Å². The van der Waals surface area contributed by atoms with Crippen molar-refractivity contribution in [1.29, 1.82) is 0 Å². The Balaban J connectivity index is 1.59. The third kappa shape index (κ3) is 4.11. The minimum Gasteiger partial charge on any atom is -0.458 e. The lowest BCUT2D eigenvalue weighted by Crippen LogP contribution is -2.46. The summed E-state index contributed by atoms with van der Waals surface area (Å²) in [5.41, 5.74) is 0.564. The summed E-state index contributed by atoms with van der Waals surface area (Å²) in [5.74, 6) is -0.522. The molecule has 1 N–H and O–H groups in total. The Bertz CT molecular complexity index is 713. The van der Waals surface area contributed by atoms with Crippen LogP contribution >= 0.6 is 11.6 Å². The molecule has 1 unspecified atom stereocenters. The summed E-state index contributed by atoms with van der Waals surface area (Å²) >= 11 is 6.05. The topological polar surface area (TPSA) is 67.4 Å². The van der Waals surface area contributed by atoms with Crippen LogP contribution in [0.1, 0.15) is 12.8 Å². The maximum atomic E-state index is 12.8. The van der Waals surface area contributed by atoms with Gasteiger partial charge in [0.15, 0.2) is 5.82 Å². The van der Waals surface area contributed by atoms with E-state index in [1.807, 2.05) is 0 Å². The fourth-order valence-electron chi connectivity index (χ4n) is 2.49. The summed E-state index contributed by atoms with van der Waals surface area (Å²) in [6.07, 6.45) is 3.43. The van der Waals surface area contributed by atoms with Crippen molar-refractivity contribution in [2.24, 2.45) is 0 Å². The van der Waals surface area contributed by atoms with Crippen LogP contribution in [0.5, 0.6) is 6.01 Å². The third-order valence-electron chi connectivity index (χ3n) is 3.65. The summed E-state index contributed by atoms with van der Waals surface area (Å²) in [4.78, 5) is 21.6. The van der Waals surface area contributed by atoms with Gasteiger partial charge in [-0.2, -0.15) is 0 Å². The molecular weight excluding hydrogens is 335 g/mol. The van der Waals surface area contributed by atoms with E-state index in [1.165, 1.54) is 0 Å². The van der Waals surface area contributed by atoms with Gasteiger partial charge in [-0.25, -0.2) is 19.2 Å². The molecule has 8 heteroatoms. The van der Waals surface area contributed by atoms with E-state index in [-0.39, 0.29) is 18.1 Å². The van der Waals surface area contributed by atoms with Crippen LogP contribution in [-0.4, -0.2) is 40.1 Å². The predicted molar refractivity (Wildman–Crippen MR) is 87.7 cm³/mol. The summed E-state index contributed by atoms with van der Waals surface area (Å²) in [5, 5.41) is 3.27. The van der Waals surface area contributed by atoms with Crippen LogP contribution < -0.4 is 10.1 Å². The van der Waals surface area contributed by atoms with Gasteiger partial charge in [0.25, 0.3) is 0 Å². The van der Waals surface area contributed by atoms with Crippen LogP contribution in [-0.2, 0) is 0 Å². The number of anilines is 1. The molecule has 6 nitrogen and oxygen atoms in total. The van der Waals surface area contributed by atoms with Crippen LogP contribution in [0.25, 0.3) is 0 Å². The molecule has 0 spiro atoms. The fourth-order valence-corrected chi connectivity index (χ4v) is 2.67. The first-order chi connectivity index (χ1) is 11.6. The number of para-hydroxylation sites is 1. The van der Waals surface area contributed by atoms with E-state index in [0.717, 1.165) is 25.2 Å². The highest BCUT2D eigenvalue weighted by atomic mass is 35.5. The van der Waals surface area contributed by atoms with Gasteiger partial charge < -0.3 is 15.0 Å². The molecule has 2 aromatic rings. The lowest BCUT2D eigenvalue weighted by Gasteiger charge is -2.32. The van der Waals surface area contributed by atoms with E-state index < -0.39 is 5.82 Å². The Kier molecular flexibility index (Phi) is 5.10. The first-order valence-electron chi connectivity index (χ1n) is 7.56. The van der Waals surface area contributed by atoms with Gasteiger partial charge in [-0.3, -0.25) is 0 Å². The number of hydrogen-bond acceptors (Lipinski definition) is 4. The lowest BCUT2D eigenvalue weighted by molar-refractivity contribution is 0.0981. The Morgan fingerprint density at radius 3 is 2.83 bits per heavy atom. The maximum absolute atomic E-state index is 12.8. The molecule has 1 aliphatic rings.